The van der Waals surface area contributed by atoms with Gasteiger partial charge in [0, 0.05) is 25.2 Å². The Morgan fingerprint density at radius 3 is 2.52 bits per heavy atom. The summed E-state index contributed by atoms with van der Waals surface area (Å²) in [5.74, 6) is -1.38. The molecule has 21 heavy (non-hydrogen) atoms. The fourth-order valence-corrected chi connectivity index (χ4v) is 2.38. The summed E-state index contributed by atoms with van der Waals surface area (Å²) in [7, 11) is 0. The SMILES string of the molecule is CCN1CC(C(=O)Nc2ccc(CC(=O)O)cc2)CC1=O. The van der Waals surface area contributed by atoms with E-state index in [0.717, 1.165) is 0 Å². The smallest absolute Gasteiger partial charge is 0.307 e. The van der Waals surface area contributed by atoms with Crippen LogP contribution in [0.5, 0.6) is 0 Å². The summed E-state index contributed by atoms with van der Waals surface area (Å²) in [6.07, 6.45) is 0.202. The van der Waals surface area contributed by atoms with Gasteiger partial charge in [-0.1, -0.05) is 12.1 Å². The summed E-state index contributed by atoms with van der Waals surface area (Å²) < 4.78 is 0. The third kappa shape index (κ3) is 3.81. The van der Waals surface area contributed by atoms with E-state index in [9.17, 15) is 14.4 Å². The molecule has 6 nitrogen and oxygen atoms in total. The highest BCUT2D eigenvalue weighted by Gasteiger charge is 2.33. The average Bonchev–Trinajstić information content (AvgIpc) is 2.82. The molecule has 2 rings (SSSR count). The molecule has 1 aromatic carbocycles. The molecule has 1 fully saturated rings. The summed E-state index contributed by atoms with van der Waals surface area (Å²) in [5, 5.41) is 11.5. The molecule has 2 amide bonds. The molecule has 0 radical (unpaired) electrons. The summed E-state index contributed by atoms with van der Waals surface area (Å²) in [6.45, 7) is 2.96. The zero-order valence-corrected chi connectivity index (χ0v) is 11.8. The molecule has 0 bridgehead atoms. The molecule has 1 unspecified atom stereocenters. The van der Waals surface area contributed by atoms with Crippen molar-refractivity contribution in [3.8, 4) is 0 Å². The van der Waals surface area contributed by atoms with Crippen LogP contribution in [0.25, 0.3) is 0 Å². The van der Waals surface area contributed by atoms with Crippen molar-refractivity contribution in [2.24, 2.45) is 5.92 Å². The van der Waals surface area contributed by atoms with Gasteiger partial charge in [0.25, 0.3) is 0 Å². The molecular formula is C15H18N2O4. The summed E-state index contributed by atoms with van der Waals surface area (Å²) >= 11 is 0. The van der Waals surface area contributed by atoms with E-state index in [0.29, 0.717) is 24.3 Å². The Morgan fingerprint density at radius 1 is 1.33 bits per heavy atom. The van der Waals surface area contributed by atoms with Crippen LogP contribution in [0.3, 0.4) is 0 Å². The minimum atomic E-state index is -0.893. The Hall–Kier alpha value is -2.37. The number of carbonyl (C=O) groups is 3. The molecular weight excluding hydrogens is 272 g/mol. The Morgan fingerprint density at radius 2 is 2.00 bits per heavy atom. The van der Waals surface area contributed by atoms with E-state index in [1.165, 1.54) is 0 Å². The first-order valence-corrected chi connectivity index (χ1v) is 6.89. The van der Waals surface area contributed by atoms with Crippen LogP contribution in [-0.2, 0) is 20.8 Å². The molecule has 112 valence electrons. The first-order chi connectivity index (χ1) is 9.99. The van der Waals surface area contributed by atoms with Crippen molar-refractivity contribution in [1.82, 2.24) is 4.90 Å². The number of carbonyl (C=O) groups excluding carboxylic acids is 2. The number of rotatable bonds is 5. The van der Waals surface area contributed by atoms with Crippen molar-refractivity contribution < 1.29 is 19.5 Å². The molecule has 2 N–H and O–H groups in total. The molecule has 1 atom stereocenters. The van der Waals surface area contributed by atoms with Gasteiger partial charge in [-0.2, -0.15) is 0 Å². The van der Waals surface area contributed by atoms with E-state index in [1.54, 1.807) is 29.2 Å². The van der Waals surface area contributed by atoms with Crippen LogP contribution in [0.15, 0.2) is 24.3 Å². The molecule has 0 aromatic heterocycles. The number of nitrogens with one attached hydrogen (secondary N) is 1. The fourth-order valence-electron chi connectivity index (χ4n) is 2.38. The number of benzene rings is 1. The van der Waals surface area contributed by atoms with Crippen molar-refractivity contribution in [3.05, 3.63) is 29.8 Å². The quantitative estimate of drug-likeness (QED) is 0.850. The Balaban J connectivity index is 1.94. The first-order valence-electron chi connectivity index (χ1n) is 6.89. The Kier molecular flexibility index (Phi) is 4.57. The van der Waals surface area contributed by atoms with Crippen LogP contribution in [0.2, 0.25) is 0 Å². The number of hydrogen-bond donors (Lipinski definition) is 2. The van der Waals surface area contributed by atoms with Gasteiger partial charge in [-0.15, -0.1) is 0 Å². The molecule has 0 saturated carbocycles. The van der Waals surface area contributed by atoms with E-state index in [4.69, 9.17) is 5.11 Å². The maximum atomic E-state index is 12.1. The predicted octanol–water partition coefficient (Wildman–Crippen LogP) is 1.12. The van der Waals surface area contributed by atoms with Gasteiger partial charge in [0.05, 0.1) is 12.3 Å². The standard InChI is InChI=1S/C15H18N2O4/c1-2-17-9-11(8-13(17)18)15(21)16-12-5-3-10(4-6-12)7-14(19)20/h3-6,11H,2,7-9H2,1H3,(H,16,21)(H,19,20). The summed E-state index contributed by atoms with van der Waals surface area (Å²) in [4.78, 5) is 36.0. The molecule has 1 aliphatic heterocycles. The predicted molar refractivity (Wildman–Crippen MR) is 76.8 cm³/mol. The number of anilines is 1. The molecule has 1 saturated heterocycles. The maximum Gasteiger partial charge on any atom is 0.307 e. The van der Waals surface area contributed by atoms with Crippen LogP contribution in [0, 0.1) is 5.92 Å². The van der Waals surface area contributed by atoms with Crippen LogP contribution < -0.4 is 5.32 Å². The van der Waals surface area contributed by atoms with Crippen molar-refractivity contribution in [2.75, 3.05) is 18.4 Å². The largest absolute Gasteiger partial charge is 0.481 e. The Labute approximate surface area is 122 Å². The second-order valence-electron chi connectivity index (χ2n) is 5.09. The van der Waals surface area contributed by atoms with E-state index in [1.807, 2.05) is 6.92 Å². The minimum absolute atomic E-state index is 0.00876. The molecule has 1 heterocycles. The van der Waals surface area contributed by atoms with Crippen LogP contribution in [0.4, 0.5) is 5.69 Å². The average molecular weight is 290 g/mol. The number of carboxylic acid groups (broad SMARTS) is 1. The Bertz CT molecular complexity index is 553. The first kappa shape index (κ1) is 15.0. The maximum absolute atomic E-state index is 12.1. The van der Waals surface area contributed by atoms with Gasteiger partial charge in [0.2, 0.25) is 11.8 Å². The lowest BCUT2D eigenvalue weighted by Gasteiger charge is -2.13. The lowest BCUT2D eigenvalue weighted by Crippen LogP contribution is -2.28. The topological polar surface area (TPSA) is 86.7 Å². The second-order valence-corrected chi connectivity index (χ2v) is 5.09. The van der Waals surface area contributed by atoms with Gasteiger partial charge in [-0.25, -0.2) is 0 Å². The lowest BCUT2D eigenvalue weighted by atomic mass is 10.1. The fraction of sp³-hybridized carbons (Fsp3) is 0.400. The number of likely N-dealkylation sites (tertiary alicyclic amines) is 1. The van der Waals surface area contributed by atoms with Gasteiger partial charge >= 0.3 is 5.97 Å². The third-order valence-corrected chi connectivity index (χ3v) is 3.54. The van der Waals surface area contributed by atoms with Gasteiger partial charge in [-0.3, -0.25) is 14.4 Å². The molecule has 1 aliphatic rings. The van der Waals surface area contributed by atoms with E-state index >= 15 is 0 Å². The number of amides is 2. The van der Waals surface area contributed by atoms with Gasteiger partial charge in [0.1, 0.15) is 0 Å². The molecule has 1 aromatic rings. The zero-order valence-electron chi connectivity index (χ0n) is 11.8. The van der Waals surface area contributed by atoms with Gasteiger partial charge < -0.3 is 15.3 Å². The molecule has 0 spiro atoms. The van der Waals surface area contributed by atoms with E-state index in [-0.39, 0.29) is 30.6 Å². The van der Waals surface area contributed by atoms with Crippen molar-refractivity contribution in [3.63, 3.8) is 0 Å². The zero-order chi connectivity index (χ0) is 15.4. The summed E-state index contributed by atoms with van der Waals surface area (Å²) in [5.41, 5.74) is 1.28. The number of hydrogen-bond acceptors (Lipinski definition) is 3. The van der Waals surface area contributed by atoms with Crippen LogP contribution in [-0.4, -0.2) is 40.9 Å². The third-order valence-electron chi connectivity index (χ3n) is 3.54. The van der Waals surface area contributed by atoms with Crippen LogP contribution in [0.1, 0.15) is 18.9 Å². The second kappa shape index (κ2) is 6.39. The van der Waals surface area contributed by atoms with Gasteiger partial charge in [-0.05, 0) is 24.6 Å². The lowest BCUT2D eigenvalue weighted by molar-refractivity contribution is -0.136. The monoisotopic (exact) mass is 290 g/mol. The van der Waals surface area contributed by atoms with Crippen molar-refractivity contribution in [2.45, 2.75) is 19.8 Å². The van der Waals surface area contributed by atoms with Crippen LogP contribution >= 0.6 is 0 Å². The van der Waals surface area contributed by atoms with Crippen molar-refractivity contribution >= 4 is 23.5 Å². The minimum Gasteiger partial charge on any atom is -0.481 e. The summed E-state index contributed by atoms with van der Waals surface area (Å²) in [6, 6.07) is 6.68. The van der Waals surface area contributed by atoms with Crippen molar-refractivity contribution in [1.29, 1.82) is 0 Å². The highest BCUT2D eigenvalue weighted by atomic mass is 16.4. The number of carboxylic acids is 1. The highest BCUT2D eigenvalue weighted by molar-refractivity contribution is 5.97. The molecule has 6 heteroatoms. The van der Waals surface area contributed by atoms with E-state index < -0.39 is 5.97 Å². The number of aliphatic carboxylic acids is 1. The molecule has 0 aliphatic carbocycles. The normalized spacial score (nSPS) is 17.9. The number of nitrogens with zero attached hydrogens (tertiary/aromatic N) is 1. The van der Waals surface area contributed by atoms with E-state index in [2.05, 4.69) is 5.32 Å². The highest BCUT2D eigenvalue weighted by Crippen LogP contribution is 2.20. The van der Waals surface area contributed by atoms with Gasteiger partial charge in [0.15, 0.2) is 0 Å².